The molecule has 1 saturated heterocycles. The van der Waals surface area contributed by atoms with E-state index in [9.17, 15) is 14.4 Å². The van der Waals surface area contributed by atoms with Gasteiger partial charge in [0.15, 0.2) is 11.5 Å². The number of rotatable bonds is 9. The van der Waals surface area contributed by atoms with E-state index in [2.05, 4.69) is 6.92 Å². The van der Waals surface area contributed by atoms with E-state index in [0.29, 0.717) is 35.3 Å². The summed E-state index contributed by atoms with van der Waals surface area (Å²) in [5.41, 5.74) is 0.701. The van der Waals surface area contributed by atoms with Gasteiger partial charge in [0.05, 0.1) is 13.2 Å². The van der Waals surface area contributed by atoms with Crippen LogP contribution in [0.15, 0.2) is 24.3 Å². The predicted molar refractivity (Wildman–Crippen MR) is 94.2 cm³/mol. The molecule has 7 heteroatoms. The Balaban J connectivity index is 2.02. The molecule has 26 heavy (non-hydrogen) atoms. The second-order valence-corrected chi connectivity index (χ2v) is 5.67. The maximum atomic E-state index is 11.8. The molecule has 1 fully saturated rings. The van der Waals surface area contributed by atoms with Crippen molar-refractivity contribution >= 4 is 23.9 Å². The van der Waals surface area contributed by atoms with Crippen molar-refractivity contribution in [1.29, 1.82) is 0 Å². The molecule has 2 rings (SSSR count). The van der Waals surface area contributed by atoms with Crippen LogP contribution < -0.4 is 9.47 Å². The van der Waals surface area contributed by atoms with Gasteiger partial charge in [-0.05, 0) is 37.1 Å². The number of hydrogen-bond acceptors (Lipinski definition) is 6. The quantitative estimate of drug-likeness (QED) is 0.382. The van der Waals surface area contributed by atoms with Crippen molar-refractivity contribution in [3.05, 3.63) is 29.8 Å². The zero-order chi connectivity index (χ0) is 18.9. The van der Waals surface area contributed by atoms with E-state index >= 15 is 0 Å². The fraction of sp³-hybridized carbons (Fsp3) is 0.421. The van der Waals surface area contributed by atoms with Crippen LogP contribution in [-0.2, 0) is 19.2 Å². The van der Waals surface area contributed by atoms with Crippen LogP contribution in [0.2, 0.25) is 0 Å². The van der Waals surface area contributed by atoms with Gasteiger partial charge in [0.2, 0.25) is 0 Å². The Morgan fingerprint density at radius 1 is 1.12 bits per heavy atom. The summed E-state index contributed by atoms with van der Waals surface area (Å²) in [4.78, 5) is 39.4. The number of benzene rings is 1. The number of carbonyl (C=O) groups is 3. The van der Waals surface area contributed by atoms with Crippen molar-refractivity contribution in [2.24, 2.45) is 0 Å². The smallest absolute Gasteiger partial charge is 0.356 e. The van der Waals surface area contributed by atoms with Gasteiger partial charge in [-0.15, -0.1) is 5.06 Å². The Hall–Kier alpha value is -2.83. The highest BCUT2D eigenvalue weighted by Crippen LogP contribution is 2.29. The van der Waals surface area contributed by atoms with Crippen molar-refractivity contribution < 1.29 is 28.7 Å². The van der Waals surface area contributed by atoms with Crippen LogP contribution in [0.3, 0.4) is 0 Å². The first-order valence-electron chi connectivity index (χ1n) is 8.70. The Labute approximate surface area is 152 Å². The molecule has 1 aromatic rings. The van der Waals surface area contributed by atoms with Crippen molar-refractivity contribution in [2.45, 2.75) is 39.5 Å². The summed E-state index contributed by atoms with van der Waals surface area (Å²) in [6.07, 6.45) is 4.79. The highest BCUT2D eigenvalue weighted by Gasteiger charge is 2.32. The normalized spacial score (nSPS) is 14.2. The van der Waals surface area contributed by atoms with Crippen molar-refractivity contribution in [3.8, 4) is 11.5 Å². The minimum atomic E-state index is -0.796. The maximum absolute atomic E-state index is 11.8. The van der Waals surface area contributed by atoms with Gasteiger partial charge in [0.1, 0.15) is 0 Å². The largest absolute Gasteiger partial charge is 0.490 e. The third kappa shape index (κ3) is 5.34. The van der Waals surface area contributed by atoms with E-state index in [1.165, 1.54) is 6.08 Å². The van der Waals surface area contributed by atoms with Crippen LogP contribution in [-0.4, -0.2) is 36.1 Å². The summed E-state index contributed by atoms with van der Waals surface area (Å²) < 4.78 is 11.3. The SMILES string of the molecule is CCCCOc1ccc(/C=C/C(=O)ON2C(=O)CCC2=O)cc1OCC. The molecule has 0 unspecified atom stereocenters. The van der Waals surface area contributed by atoms with Gasteiger partial charge in [0, 0.05) is 18.9 Å². The first kappa shape index (κ1) is 19.5. The number of amides is 2. The van der Waals surface area contributed by atoms with Gasteiger partial charge in [-0.3, -0.25) is 9.59 Å². The number of ether oxygens (including phenoxy) is 2. The number of unbranched alkanes of at least 4 members (excludes halogenated alkanes) is 1. The monoisotopic (exact) mass is 361 g/mol. The summed E-state index contributed by atoms with van der Waals surface area (Å²) in [5.74, 6) is -0.583. The third-order valence-corrected chi connectivity index (χ3v) is 3.62. The fourth-order valence-electron chi connectivity index (χ4n) is 2.28. The average Bonchev–Trinajstić information content (AvgIpc) is 2.94. The average molecular weight is 361 g/mol. The van der Waals surface area contributed by atoms with E-state index in [-0.39, 0.29) is 12.8 Å². The van der Waals surface area contributed by atoms with Crippen molar-refractivity contribution in [2.75, 3.05) is 13.2 Å². The fourth-order valence-corrected chi connectivity index (χ4v) is 2.28. The predicted octanol–water partition coefficient (Wildman–Crippen LogP) is 2.88. The molecule has 1 aliphatic heterocycles. The molecule has 1 heterocycles. The summed E-state index contributed by atoms with van der Waals surface area (Å²) in [6, 6.07) is 5.31. The van der Waals surface area contributed by atoms with Gasteiger partial charge >= 0.3 is 5.97 Å². The lowest BCUT2D eigenvalue weighted by Gasteiger charge is -2.12. The summed E-state index contributed by atoms with van der Waals surface area (Å²) in [6.45, 7) is 5.05. The molecule has 1 aliphatic rings. The van der Waals surface area contributed by atoms with Gasteiger partial charge in [-0.25, -0.2) is 4.79 Å². The number of imide groups is 1. The zero-order valence-corrected chi connectivity index (χ0v) is 15.0. The van der Waals surface area contributed by atoms with Crippen LogP contribution in [0.1, 0.15) is 45.1 Å². The number of hydrogen-bond donors (Lipinski definition) is 0. The molecule has 0 aliphatic carbocycles. The lowest BCUT2D eigenvalue weighted by atomic mass is 10.2. The Morgan fingerprint density at radius 3 is 2.50 bits per heavy atom. The lowest BCUT2D eigenvalue weighted by molar-refractivity contribution is -0.193. The second kappa shape index (κ2) is 9.60. The third-order valence-electron chi connectivity index (χ3n) is 3.62. The van der Waals surface area contributed by atoms with Gasteiger partial charge in [0.25, 0.3) is 11.8 Å². The van der Waals surface area contributed by atoms with Gasteiger partial charge < -0.3 is 14.3 Å². The van der Waals surface area contributed by atoms with E-state index in [0.717, 1.165) is 18.9 Å². The molecule has 0 atom stereocenters. The van der Waals surface area contributed by atoms with E-state index in [1.54, 1.807) is 18.2 Å². The van der Waals surface area contributed by atoms with Crippen molar-refractivity contribution in [1.82, 2.24) is 5.06 Å². The topological polar surface area (TPSA) is 82.1 Å². The minimum absolute atomic E-state index is 0.0625. The molecule has 0 N–H and O–H groups in total. The summed E-state index contributed by atoms with van der Waals surface area (Å²) >= 11 is 0. The highest BCUT2D eigenvalue weighted by atomic mass is 16.7. The summed E-state index contributed by atoms with van der Waals surface area (Å²) in [7, 11) is 0. The Kier molecular flexibility index (Phi) is 7.20. The highest BCUT2D eigenvalue weighted by molar-refractivity contribution is 6.02. The Bertz CT molecular complexity index is 681. The lowest BCUT2D eigenvalue weighted by Crippen LogP contribution is -2.31. The molecular weight excluding hydrogens is 338 g/mol. The van der Waals surface area contributed by atoms with Crippen LogP contribution in [0.5, 0.6) is 11.5 Å². The first-order valence-corrected chi connectivity index (χ1v) is 8.70. The Morgan fingerprint density at radius 2 is 1.85 bits per heavy atom. The van der Waals surface area contributed by atoms with Gasteiger partial charge in [-0.1, -0.05) is 19.4 Å². The standard InChI is InChI=1S/C19H23NO6/c1-3-5-12-25-15-8-6-14(13-16(15)24-4-2)7-11-19(23)26-20-17(21)9-10-18(20)22/h6-8,11,13H,3-5,9-10,12H2,1-2H3/b11-7+. The summed E-state index contributed by atoms with van der Waals surface area (Å²) in [5, 5.41) is 0.517. The minimum Gasteiger partial charge on any atom is -0.490 e. The van der Waals surface area contributed by atoms with E-state index in [4.69, 9.17) is 14.3 Å². The van der Waals surface area contributed by atoms with Gasteiger partial charge in [-0.2, -0.15) is 0 Å². The molecule has 2 amide bonds. The van der Waals surface area contributed by atoms with Crippen LogP contribution in [0, 0.1) is 0 Å². The van der Waals surface area contributed by atoms with E-state index < -0.39 is 17.8 Å². The van der Waals surface area contributed by atoms with Crippen LogP contribution >= 0.6 is 0 Å². The second-order valence-electron chi connectivity index (χ2n) is 5.67. The van der Waals surface area contributed by atoms with E-state index in [1.807, 2.05) is 6.92 Å². The molecule has 0 saturated carbocycles. The van der Waals surface area contributed by atoms with Crippen molar-refractivity contribution in [3.63, 3.8) is 0 Å². The molecule has 1 aromatic carbocycles. The number of carbonyl (C=O) groups excluding carboxylic acids is 3. The molecule has 0 radical (unpaired) electrons. The molecular formula is C19H23NO6. The first-order chi connectivity index (χ1) is 12.5. The molecule has 0 spiro atoms. The molecule has 7 nitrogen and oxygen atoms in total. The number of nitrogens with zero attached hydrogens (tertiary/aromatic N) is 1. The van der Waals surface area contributed by atoms with Crippen LogP contribution in [0.25, 0.3) is 6.08 Å². The molecule has 0 bridgehead atoms. The maximum Gasteiger partial charge on any atom is 0.356 e. The van der Waals surface area contributed by atoms with Crippen LogP contribution in [0.4, 0.5) is 0 Å². The number of hydroxylamine groups is 2. The molecule has 140 valence electrons. The molecule has 0 aromatic heterocycles. The zero-order valence-electron chi connectivity index (χ0n) is 15.0.